The van der Waals surface area contributed by atoms with Crippen molar-refractivity contribution in [3.63, 3.8) is 0 Å². The Bertz CT molecular complexity index is 387. The number of methoxy groups -OCH3 is 1. The van der Waals surface area contributed by atoms with Gasteiger partial charge in [-0.25, -0.2) is 4.39 Å². The molecule has 20 heavy (non-hydrogen) atoms. The molecule has 1 unspecified atom stereocenters. The summed E-state index contributed by atoms with van der Waals surface area (Å²) in [4.78, 5) is 0. The fourth-order valence-electron chi connectivity index (χ4n) is 1.86. The maximum atomic E-state index is 13.3. The Hall–Kier alpha value is -1.17. The average molecular weight is 285 g/mol. The summed E-state index contributed by atoms with van der Waals surface area (Å²) in [5.41, 5.74) is 0.949. The smallest absolute Gasteiger partial charge is 0.127 e. The first kappa shape index (κ1) is 16.9. The Morgan fingerprint density at radius 1 is 1.20 bits per heavy atom. The zero-order valence-corrected chi connectivity index (χ0v) is 12.4. The quantitative estimate of drug-likeness (QED) is 0.671. The molecule has 5 heteroatoms. The molecule has 4 nitrogen and oxygen atoms in total. The van der Waals surface area contributed by atoms with Crippen LogP contribution in [-0.4, -0.2) is 40.1 Å². The monoisotopic (exact) mass is 285 g/mol. The molecule has 0 aliphatic carbocycles. The van der Waals surface area contributed by atoms with Gasteiger partial charge in [0.1, 0.15) is 18.2 Å². The lowest BCUT2D eigenvalue weighted by molar-refractivity contribution is 0.0541. The van der Waals surface area contributed by atoms with Gasteiger partial charge in [0, 0.05) is 24.8 Å². The summed E-state index contributed by atoms with van der Waals surface area (Å²) in [5, 5.41) is 3.29. The van der Waals surface area contributed by atoms with Crippen molar-refractivity contribution in [3.05, 3.63) is 29.6 Å². The lowest BCUT2D eigenvalue weighted by Gasteiger charge is -2.17. The van der Waals surface area contributed by atoms with Crippen LogP contribution < -0.4 is 10.1 Å². The van der Waals surface area contributed by atoms with Gasteiger partial charge >= 0.3 is 0 Å². The summed E-state index contributed by atoms with van der Waals surface area (Å²) in [7, 11) is 1.63. The van der Waals surface area contributed by atoms with Crippen LogP contribution in [0.3, 0.4) is 0 Å². The summed E-state index contributed by atoms with van der Waals surface area (Å²) in [6.45, 7) is 6.83. The van der Waals surface area contributed by atoms with Crippen LogP contribution in [0.15, 0.2) is 18.2 Å². The van der Waals surface area contributed by atoms with Gasteiger partial charge in [-0.05, 0) is 19.5 Å². The van der Waals surface area contributed by atoms with Gasteiger partial charge in [-0.1, -0.05) is 13.0 Å². The number of rotatable bonds is 10. The SMILES string of the molecule is CCNC(C)c1ccc(F)cc1OCCOCCOC. The van der Waals surface area contributed by atoms with E-state index in [2.05, 4.69) is 5.32 Å². The minimum atomic E-state index is -0.298. The second-order valence-corrected chi connectivity index (χ2v) is 4.42. The first-order chi connectivity index (χ1) is 9.69. The fraction of sp³-hybridized carbons (Fsp3) is 0.600. The van der Waals surface area contributed by atoms with E-state index in [1.54, 1.807) is 13.2 Å². The van der Waals surface area contributed by atoms with Crippen molar-refractivity contribution in [2.75, 3.05) is 40.1 Å². The Balaban J connectivity index is 2.52. The van der Waals surface area contributed by atoms with Crippen LogP contribution in [0, 0.1) is 5.82 Å². The highest BCUT2D eigenvalue weighted by molar-refractivity contribution is 5.36. The van der Waals surface area contributed by atoms with Crippen molar-refractivity contribution >= 4 is 0 Å². The van der Waals surface area contributed by atoms with E-state index < -0.39 is 0 Å². The summed E-state index contributed by atoms with van der Waals surface area (Å²) in [6, 6.07) is 4.73. The molecule has 114 valence electrons. The van der Waals surface area contributed by atoms with Gasteiger partial charge in [0.15, 0.2) is 0 Å². The van der Waals surface area contributed by atoms with E-state index in [1.165, 1.54) is 12.1 Å². The van der Waals surface area contributed by atoms with E-state index in [4.69, 9.17) is 14.2 Å². The maximum Gasteiger partial charge on any atom is 0.127 e. The van der Waals surface area contributed by atoms with E-state index in [1.807, 2.05) is 13.8 Å². The zero-order chi connectivity index (χ0) is 14.8. The van der Waals surface area contributed by atoms with Crippen LogP contribution in [0.2, 0.25) is 0 Å². The minimum Gasteiger partial charge on any atom is -0.491 e. The molecule has 0 saturated heterocycles. The second-order valence-electron chi connectivity index (χ2n) is 4.42. The van der Waals surface area contributed by atoms with Gasteiger partial charge in [0.2, 0.25) is 0 Å². The molecular formula is C15H24FNO3. The molecule has 0 bridgehead atoms. The predicted molar refractivity (Wildman–Crippen MR) is 76.7 cm³/mol. The number of benzene rings is 1. The number of ether oxygens (including phenoxy) is 3. The van der Waals surface area contributed by atoms with Crippen LogP contribution in [0.4, 0.5) is 4.39 Å². The zero-order valence-electron chi connectivity index (χ0n) is 12.4. The lowest BCUT2D eigenvalue weighted by atomic mass is 10.1. The summed E-state index contributed by atoms with van der Waals surface area (Å²) >= 11 is 0. The summed E-state index contributed by atoms with van der Waals surface area (Å²) < 4.78 is 29.1. The molecule has 1 aromatic rings. The third kappa shape index (κ3) is 5.86. The number of halogens is 1. The molecule has 1 atom stereocenters. The third-order valence-corrected chi connectivity index (χ3v) is 2.87. The average Bonchev–Trinajstić information content (AvgIpc) is 2.43. The van der Waals surface area contributed by atoms with Crippen LogP contribution >= 0.6 is 0 Å². The van der Waals surface area contributed by atoms with Crippen LogP contribution in [0.25, 0.3) is 0 Å². The van der Waals surface area contributed by atoms with Gasteiger partial charge in [0.05, 0.1) is 19.8 Å². The Morgan fingerprint density at radius 2 is 1.95 bits per heavy atom. The molecular weight excluding hydrogens is 261 g/mol. The number of hydrogen-bond donors (Lipinski definition) is 1. The molecule has 0 saturated carbocycles. The molecule has 0 aliphatic heterocycles. The van der Waals surface area contributed by atoms with Gasteiger partial charge in [0.25, 0.3) is 0 Å². The van der Waals surface area contributed by atoms with E-state index in [0.717, 1.165) is 12.1 Å². The molecule has 0 radical (unpaired) electrons. The highest BCUT2D eigenvalue weighted by atomic mass is 19.1. The van der Waals surface area contributed by atoms with Crippen LogP contribution in [0.1, 0.15) is 25.5 Å². The van der Waals surface area contributed by atoms with Gasteiger partial charge in [-0.3, -0.25) is 0 Å². The van der Waals surface area contributed by atoms with Gasteiger partial charge in [-0.15, -0.1) is 0 Å². The Morgan fingerprint density at radius 3 is 2.65 bits per heavy atom. The molecule has 1 rings (SSSR count). The molecule has 0 heterocycles. The standard InChI is InChI=1S/C15H24FNO3/c1-4-17-12(2)14-6-5-13(16)11-15(14)20-10-9-19-8-7-18-3/h5-6,11-12,17H,4,7-10H2,1-3H3. The normalized spacial score (nSPS) is 12.4. The van der Waals surface area contributed by atoms with Crippen molar-refractivity contribution in [1.29, 1.82) is 0 Å². The molecule has 0 aliphatic rings. The van der Waals surface area contributed by atoms with Crippen LogP contribution in [-0.2, 0) is 9.47 Å². The molecule has 1 aromatic carbocycles. The summed E-state index contributed by atoms with van der Waals surface area (Å²) in [6.07, 6.45) is 0. The Kier molecular flexibility index (Phi) is 8.18. The maximum absolute atomic E-state index is 13.3. The van der Waals surface area contributed by atoms with Crippen LogP contribution in [0.5, 0.6) is 5.75 Å². The van der Waals surface area contributed by atoms with Gasteiger partial charge < -0.3 is 19.5 Å². The van der Waals surface area contributed by atoms with Crippen molar-refractivity contribution in [1.82, 2.24) is 5.32 Å². The van der Waals surface area contributed by atoms with Crippen molar-refractivity contribution in [2.24, 2.45) is 0 Å². The molecule has 0 fully saturated rings. The highest BCUT2D eigenvalue weighted by Crippen LogP contribution is 2.26. The second kappa shape index (κ2) is 9.69. The number of nitrogens with one attached hydrogen (secondary N) is 1. The molecule has 0 amide bonds. The fourth-order valence-corrected chi connectivity index (χ4v) is 1.86. The largest absolute Gasteiger partial charge is 0.491 e. The van der Waals surface area contributed by atoms with E-state index in [9.17, 15) is 4.39 Å². The molecule has 0 aromatic heterocycles. The van der Waals surface area contributed by atoms with Gasteiger partial charge in [-0.2, -0.15) is 0 Å². The first-order valence-corrected chi connectivity index (χ1v) is 6.91. The van der Waals surface area contributed by atoms with Crippen molar-refractivity contribution in [2.45, 2.75) is 19.9 Å². The Labute approximate surface area is 120 Å². The van der Waals surface area contributed by atoms with Crippen molar-refractivity contribution in [3.8, 4) is 5.75 Å². The number of hydrogen-bond acceptors (Lipinski definition) is 4. The highest BCUT2D eigenvalue weighted by Gasteiger charge is 2.11. The first-order valence-electron chi connectivity index (χ1n) is 6.91. The topological polar surface area (TPSA) is 39.7 Å². The molecule has 1 N–H and O–H groups in total. The summed E-state index contributed by atoms with van der Waals surface area (Å²) in [5.74, 6) is 0.265. The van der Waals surface area contributed by atoms with E-state index >= 15 is 0 Å². The minimum absolute atomic E-state index is 0.116. The van der Waals surface area contributed by atoms with Crippen molar-refractivity contribution < 1.29 is 18.6 Å². The predicted octanol–water partition coefficient (Wildman–Crippen LogP) is 2.54. The lowest BCUT2D eigenvalue weighted by Crippen LogP contribution is -2.19. The molecule has 0 spiro atoms. The van der Waals surface area contributed by atoms with E-state index in [-0.39, 0.29) is 11.9 Å². The van der Waals surface area contributed by atoms with E-state index in [0.29, 0.717) is 32.2 Å². The third-order valence-electron chi connectivity index (χ3n) is 2.87.